The van der Waals surface area contributed by atoms with Crippen LogP contribution in [0.25, 0.3) is 0 Å². The molecule has 0 unspecified atom stereocenters. The van der Waals surface area contributed by atoms with E-state index in [0.717, 1.165) is 0 Å². The molecule has 1 aliphatic rings. The molecule has 0 aromatic heterocycles. The number of carbonyl (C=O) groups excluding carboxylic acids is 2. The van der Waals surface area contributed by atoms with Crippen LogP contribution in [0.15, 0.2) is 12.3 Å². The quantitative estimate of drug-likeness (QED) is 0.469. The zero-order valence-corrected chi connectivity index (χ0v) is 6.57. The van der Waals surface area contributed by atoms with Crippen molar-refractivity contribution in [3.05, 3.63) is 12.3 Å². The maximum absolute atomic E-state index is 11.1. The molecule has 60 valence electrons. The van der Waals surface area contributed by atoms with Crippen LogP contribution in [0, 0.1) is 0 Å². The van der Waals surface area contributed by atoms with E-state index in [2.05, 4.69) is 0 Å². The van der Waals surface area contributed by atoms with Crippen molar-refractivity contribution in [1.29, 1.82) is 0 Å². The first-order chi connectivity index (χ1) is 5.11. The second-order valence-electron chi connectivity index (χ2n) is 2.51. The first-order valence-corrected chi connectivity index (χ1v) is 3.30. The molecule has 1 heterocycles. The molecule has 0 spiro atoms. The van der Waals surface area contributed by atoms with Gasteiger partial charge in [0.05, 0.1) is 0 Å². The molecule has 1 rings (SSSR count). The molecule has 0 aromatic carbocycles. The average Bonchev–Trinajstić information content (AvgIpc) is 2.05. The molecular weight excluding hydrogens is 144 g/mol. The summed E-state index contributed by atoms with van der Waals surface area (Å²) in [5.74, 6) is -0.211. The minimum atomic E-state index is -0.136. The third kappa shape index (κ3) is 1.58. The molecule has 0 aliphatic carbocycles. The lowest BCUT2D eigenvalue weighted by atomic mass is 10.5. The minimum Gasteiger partial charge on any atom is -0.333 e. The summed E-state index contributed by atoms with van der Waals surface area (Å²) in [5, 5.41) is 0. The van der Waals surface area contributed by atoms with Gasteiger partial charge in [-0.05, 0) is 0 Å². The van der Waals surface area contributed by atoms with Crippen molar-refractivity contribution in [2.45, 2.75) is 0 Å². The number of carbonyl (C=O) groups is 2. The van der Waals surface area contributed by atoms with E-state index in [-0.39, 0.29) is 18.4 Å². The second-order valence-corrected chi connectivity index (χ2v) is 2.51. The largest absolute Gasteiger partial charge is 0.333 e. The minimum absolute atomic E-state index is 0.0744. The smallest absolute Gasteiger partial charge is 0.248 e. The molecule has 0 radical (unpaired) electrons. The number of nitrogens with zero attached hydrogens (tertiary/aromatic N) is 2. The Morgan fingerprint density at radius 3 is 2.64 bits per heavy atom. The standard InChI is InChI=1S/C7H10N2O2/c1-8-4-3-6(10)9(2)5-7(8)11/h3-4H,5H2,1-2H3. The highest BCUT2D eigenvalue weighted by molar-refractivity contribution is 5.93. The summed E-state index contributed by atoms with van der Waals surface area (Å²) in [7, 11) is 3.23. The van der Waals surface area contributed by atoms with Crippen molar-refractivity contribution in [2.24, 2.45) is 0 Å². The van der Waals surface area contributed by atoms with Crippen LogP contribution in [-0.4, -0.2) is 42.3 Å². The van der Waals surface area contributed by atoms with Gasteiger partial charge in [-0.1, -0.05) is 0 Å². The van der Waals surface area contributed by atoms with E-state index >= 15 is 0 Å². The molecule has 0 atom stereocenters. The SMILES string of the molecule is CN1C=CC(=O)N(C)CC1=O. The highest BCUT2D eigenvalue weighted by Crippen LogP contribution is 1.97. The summed E-state index contributed by atoms with van der Waals surface area (Å²) < 4.78 is 0. The van der Waals surface area contributed by atoms with E-state index in [1.54, 1.807) is 14.1 Å². The van der Waals surface area contributed by atoms with Gasteiger partial charge in [-0.3, -0.25) is 9.59 Å². The van der Waals surface area contributed by atoms with Crippen LogP contribution in [0.3, 0.4) is 0 Å². The predicted octanol–water partition coefficient (Wildman–Crippen LogP) is -0.570. The van der Waals surface area contributed by atoms with Crippen LogP contribution in [0.2, 0.25) is 0 Å². The topological polar surface area (TPSA) is 40.6 Å². The summed E-state index contributed by atoms with van der Waals surface area (Å²) >= 11 is 0. The average molecular weight is 154 g/mol. The third-order valence-corrected chi connectivity index (χ3v) is 1.58. The first kappa shape index (κ1) is 7.78. The Morgan fingerprint density at radius 1 is 1.36 bits per heavy atom. The van der Waals surface area contributed by atoms with Crippen molar-refractivity contribution in [3.8, 4) is 0 Å². The van der Waals surface area contributed by atoms with Gasteiger partial charge < -0.3 is 9.80 Å². The number of hydrogen-bond acceptors (Lipinski definition) is 2. The van der Waals surface area contributed by atoms with Crippen molar-refractivity contribution >= 4 is 11.8 Å². The summed E-state index contributed by atoms with van der Waals surface area (Å²) in [4.78, 5) is 24.8. The highest BCUT2D eigenvalue weighted by Gasteiger charge is 2.16. The Balaban J connectivity index is 2.80. The molecule has 0 N–H and O–H groups in total. The molecule has 4 nitrogen and oxygen atoms in total. The normalized spacial score (nSPS) is 19.1. The van der Waals surface area contributed by atoms with Crippen molar-refractivity contribution < 1.29 is 9.59 Å². The Labute approximate surface area is 65.1 Å². The summed E-state index contributed by atoms with van der Waals surface area (Å²) in [6, 6.07) is 0. The maximum Gasteiger partial charge on any atom is 0.248 e. The van der Waals surface area contributed by atoms with Crippen LogP contribution < -0.4 is 0 Å². The van der Waals surface area contributed by atoms with Gasteiger partial charge in [0.2, 0.25) is 11.8 Å². The van der Waals surface area contributed by atoms with Crippen LogP contribution in [0.5, 0.6) is 0 Å². The Bertz CT molecular complexity index is 222. The Morgan fingerprint density at radius 2 is 2.00 bits per heavy atom. The second kappa shape index (κ2) is 2.74. The summed E-state index contributed by atoms with van der Waals surface area (Å²) in [6.07, 6.45) is 2.86. The monoisotopic (exact) mass is 154 g/mol. The number of likely N-dealkylation sites (N-methyl/N-ethyl adjacent to an activating group) is 2. The van der Waals surface area contributed by atoms with Gasteiger partial charge >= 0.3 is 0 Å². The Kier molecular flexibility index (Phi) is 1.94. The fraction of sp³-hybridized carbons (Fsp3) is 0.429. The zero-order chi connectivity index (χ0) is 8.43. The van der Waals surface area contributed by atoms with Crippen molar-refractivity contribution in [2.75, 3.05) is 20.6 Å². The molecule has 2 amide bonds. The van der Waals surface area contributed by atoms with Crippen LogP contribution in [0.1, 0.15) is 0 Å². The fourth-order valence-electron chi connectivity index (χ4n) is 0.778. The first-order valence-electron chi connectivity index (χ1n) is 3.30. The van der Waals surface area contributed by atoms with E-state index in [1.165, 1.54) is 22.1 Å². The van der Waals surface area contributed by atoms with E-state index in [9.17, 15) is 9.59 Å². The van der Waals surface area contributed by atoms with Crippen LogP contribution >= 0.6 is 0 Å². The molecule has 0 fully saturated rings. The highest BCUT2D eigenvalue weighted by atomic mass is 16.2. The van der Waals surface area contributed by atoms with Gasteiger partial charge in [0.25, 0.3) is 0 Å². The summed E-state index contributed by atoms with van der Waals surface area (Å²) in [6.45, 7) is 0.155. The molecule has 0 aromatic rings. The number of hydrogen-bond donors (Lipinski definition) is 0. The van der Waals surface area contributed by atoms with E-state index in [4.69, 9.17) is 0 Å². The lowest BCUT2D eigenvalue weighted by molar-refractivity contribution is -0.133. The molecular formula is C7H10N2O2. The van der Waals surface area contributed by atoms with Crippen molar-refractivity contribution in [1.82, 2.24) is 9.80 Å². The molecule has 0 bridgehead atoms. The van der Waals surface area contributed by atoms with E-state index in [0.29, 0.717) is 0 Å². The molecule has 4 heteroatoms. The van der Waals surface area contributed by atoms with E-state index < -0.39 is 0 Å². The number of amides is 2. The fourth-order valence-corrected chi connectivity index (χ4v) is 0.778. The van der Waals surface area contributed by atoms with Gasteiger partial charge in [0, 0.05) is 26.4 Å². The van der Waals surface area contributed by atoms with E-state index in [1.807, 2.05) is 0 Å². The maximum atomic E-state index is 11.1. The van der Waals surface area contributed by atoms with Gasteiger partial charge in [-0.25, -0.2) is 0 Å². The van der Waals surface area contributed by atoms with Crippen molar-refractivity contribution in [3.63, 3.8) is 0 Å². The van der Waals surface area contributed by atoms with Gasteiger partial charge in [0.1, 0.15) is 6.54 Å². The molecule has 11 heavy (non-hydrogen) atoms. The summed E-state index contributed by atoms with van der Waals surface area (Å²) in [5.41, 5.74) is 0. The molecule has 0 saturated heterocycles. The number of rotatable bonds is 0. The lowest BCUT2D eigenvalue weighted by Gasteiger charge is -2.13. The van der Waals surface area contributed by atoms with Gasteiger partial charge in [0.15, 0.2) is 0 Å². The predicted molar refractivity (Wildman–Crippen MR) is 39.5 cm³/mol. The van der Waals surface area contributed by atoms with Gasteiger partial charge in [-0.15, -0.1) is 0 Å². The van der Waals surface area contributed by atoms with Crippen LogP contribution in [-0.2, 0) is 9.59 Å². The third-order valence-electron chi connectivity index (χ3n) is 1.58. The van der Waals surface area contributed by atoms with Crippen LogP contribution in [0.4, 0.5) is 0 Å². The zero-order valence-electron chi connectivity index (χ0n) is 6.57. The van der Waals surface area contributed by atoms with Gasteiger partial charge in [-0.2, -0.15) is 0 Å². The molecule has 0 saturated carbocycles. The lowest BCUT2D eigenvalue weighted by Crippen LogP contribution is -2.33. The Hall–Kier alpha value is -1.32. The molecule has 1 aliphatic heterocycles.